The van der Waals surface area contributed by atoms with E-state index in [9.17, 15) is 43.9 Å². The van der Waals surface area contributed by atoms with Crippen LogP contribution in [0.1, 0.15) is 17.5 Å². The van der Waals surface area contributed by atoms with Crippen molar-refractivity contribution in [2.45, 2.75) is 30.9 Å². The van der Waals surface area contributed by atoms with Crippen LogP contribution in [0.15, 0.2) is 47.2 Å². The lowest BCUT2D eigenvalue weighted by molar-refractivity contribution is -0.140. The van der Waals surface area contributed by atoms with Crippen molar-refractivity contribution in [2.24, 2.45) is 0 Å². The summed E-state index contributed by atoms with van der Waals surface area (Å²) in [4.78, 5) is 14.1. The number of halogens is 7. The first-order valence-corrected chi connectivity index (χ1v) is 13.8. The number of rotatable bonds is 6. The zero-order valence-corrected chi connectivity index (χ0v) is 22.7. The molecule has 2 saturated heterocycles. The minimum absolute atomic E-state index is 0.0602. The fraction of sp³-hybridized carbons (Fsp3) is 0.360. The highest BCUT2D eigenvalue weighted by Crippen LogP contribution is 2.46. The number of aromatic nitrogens is 1. The summed E-state index contributed by atoms with van der Waals surface area (Å²) in [5, 5.41) is 3.48. The number of piperidine rings is 1. The van der Waals surface area contributed by atoms with Crippen LogP contribution < -0.4 is 14.4 Å². The van der Waals surface area contributed by atoms with Crippen LogP contribution >= 0.6 is 0 Å². The van der Waals surface area contributed by atoms with E-state index in [0.717, 1.165) is 34.7 Å². The van der Waals surface area contributed by atoms with Crippen molar-refractivity contribution < 1.29 is 57.9 Å². The lowest BCUT2D eigenvalue weighted by atomic mass is 9.94. The van der Waals surface area contributed by atoms with Gasteiger partial charge < -0.3 is 18.9 Å². The molecular formula is C25H21F7N4O6S. The van der Waals surface area contributed by atoms with Gasteiger partial charge in [-0.2, -0.15) is 39.1 Å². The van der Waals surface area contributed by atoms with Crippen LogP contribution in [0.5, 0.6) is 5.75 Å². The number of hydrogen-bond acceptors (Lipinski definition) is 7. The summed E-state index contributed by atoms with van der Waals surface area (Å²) < 4.78 is 141. The molecule has 1 N–H and O–H groups in total. The number of fused-ring (bicyclic) bond motifs is 1. The number of nitrogens with zero attached hydrogens (tertiary/aromatic N) is 3. The molecule has 2 aliphatic heterocycles. The Morgan fingerprint density at radius 2 is 1.77 bits per heavy atom. The summed E-state index contributed by atoms with van der Waals surface area (Å²) in [5.41, 5.74) is -4.84. The lowest BCUT2D eigenvalue weighted by Crippen LogP contribution is -2.62. The first kappa shape index (κ1) is 30.6. The van der Waals surface area contributed by atoms with Crippen molar-refractivity contribution in [1.29, 1.82) is 0 Å². The van der Waals surface area contributed by atoms with Crippen molar-refractivity contribution in [3.8, 4) is 16.9 Å². The van der Waals surface area contributed by atoms with Gasteiger partial charge >= 0.3 is 22.6 Å². The molecule has 2 fully saturated rings. The zero-order valence-electron chi connectivity index (χ0n) is 21.9. The summed E-state index contributed by atoms with van der Waals surface area (Å²) in [6.07, 6.45) is -10.2. The van der Waals surface area contributed by atoms with Gasteiger partial charge in [0, 0.05) is 19.2 Å². The number of ether oxygens (including phenoxy) is 2. The normalized spacial score (nSPS) is 20.2. The molecule has 10 nitrogen and oxygen atoms in total. The van der Waals surface area contributed by atoms with E-state index < -0.39 is 75.3 Å². The average Bonchev–Trinajstić information content (AvgIpc) is 3.43. The maximum absolute atomic E-state index is 14.3. The summed E-state index contributed by atoms with van der Waals surface area (Å²) in [6, 6.07) is 3.18. The molecule has 0 saturated carbocycles. The van der Waals surface area contributed by atoms with Crippen LogP contribution in [0.4, 0.5) is 42.2 Å². The third-order valence-corrected chi connectivity index (χ3v) is 8.46. The molecule has 2 atom stereocenters. The third-order valence-electron chi connectivity index (χ3n) is 6.99. The number of hydrogen-bond donors (Lipinski definition) is 1. The van der Waals surface area contributed by atoms with E-state index in [-0.39, 0.29) is 42.8 Å². The molecule has 0 unspecified atom stereocenters. The minimum atomic E-state index is -5.18. The molecule has 1 amide bonds. The number of anilines is 2. The molecule has 18 heteroatoms. The third kappa shape index (κ3) is 5.98. The van der Waals surface area contributed by atoms with Crippen LogP contribution in [0.2, 0.25) is 0 Å². The number of alkyl halides is 6. The molecule has 232 valence electrons. The summed E-state index contributed by atoms with van der Waals surface area (Å²) in [5.74, 6) is -2.80. The molecule has 2 aliphatic rings. The molecule has 2 aromatic carbocycles. The Morgan fingerprint density at radius 1 is 1.05 bits per heavy atom. The molecule has 0 bridgehead atoms. The number of methoxy groups -OCH3 is 1. The highest BCUT2D eigenvalue weighted by molar-refractivity contribution is 7.90. The van der Waals surface area contributed by atoms with Gasteiger partial charge in [0.2, 0.25) is 0 Å². The van der Waals surface area contributed by atoms with Gasteiger partial charge in [0.15, 0.2) is 5.82 Å². The fourth-order valence-corrected chi connectivity index (χ4v) is 6.25. The summed E-state index contributed by atoms with van der Waals surface area (Å²) >= 11 is 0. The molecule has 1 aromatic heterocycles. The van der Waals surface area contributed by atoms with Gasteiger partial charge in [0.25, 0.3) is 5.91 Å². The molecule has 0 spiro atoms. The van der Waals surface area contributed by atoms with Crippen LogP contribution in [-0.2, 0) is 32.1 Å². The van der Waals surface area contributed by atoms with Gasteiger partial charge in [-0.05, 0) is 41.8 Å². The minimum Gasteiger partial charge on any atom is -0.495 e. The van der Waals surface area contributed by atoms with E-state index in [4.69, 9.17) is 9.47 Å². The van der Waals surface area contributed by atoms with Crippen LogP contribution in [0.25, 0.3) is 11.1 Å². The lowest BCUT2D eigenvalue weighted by Gasteiger charge is -2.46. The molecule has 5 rings (SSSR count). The number of nitrogens with one attached hydrogen (secondary N) is 1. The number of carbonyl (C=O) groups excluding carboxylic acids is 1. The van der Waals surface area contributed by atoms with Crippen molar-refractivity contribution in [3.05, 3.63) is 59.6 Å². The Bertz CT molecular complexity index is 1630. The Kier molecular flexibility index (Phi) is 7.80. The second-order valence-electron chi connectivity index (χ2n) is 9.58. The first-order valence-electron chi connectivity index (χ1n) is 12.4. The molecular weight excluding hydrogens is 617 g/mol. The number of carbonyl (C=O) groups is 1. The molecule has 3 heterocycles. The van der Waals surface area contributed by atoms with Crippen LogP contribution in [-0.4, -0.2) is 62.7 Å². The van der Waals surface area contributed by atoms with Gasteiger partial charge in [0.1, 0.15) is 24.4 Å². The number of amides is 1. The fourth-order valence-electron chi connectivity index (χ4n) is 5.06. The van der Waals surface area contributed by atoms with Crippen molar-refractivity contribution in [2.75, 3.05) is 36.4 Å². The van der Waals surface area contributed by atoms with Crippen LogP contribution in [0, 0.1) is 5.82 Å². The van der Waals surface area contributed by atoms with Crippen molar-refractivity contribution >= 4 is 27.6 Å². The maximum Gasteiger partial charge on any atom is 0.419 e. The van der Waals surface area contributed by atoms with Crippen molar-refractivity contribution in [1.82, 2.24) is 9.46 Å². The molecule has 0 radical (unpaired) electrons. The van der Waals surface area contributed by atoms with E-state index in [1.54, 1.807) is 0 Å². The number of morpholine rings is 1. The van der Waals surface area contributed by atoms with E-state index in [1.165, 1.54) is 6.07 Å². The van der Waals surface area contributed by atoms with E-state index in [0.29, 0.717) is 12.1 Å². The largest absolute Gasteiger partial charge is 0.495 e. The Balaban J connectivity index is 1.53. The molecule has 3 aromatic rings. The quantitative estimate of drug-likeness (QED) is 0.390. The Morgan fingerprint density at radius 3 is 2.40 bits per heavy atom. The Labute approximate surface area is 239 Å². The second-order valence-corrected chi connectivity index (χ2v) is 11.2. The summed E-state index contributed by atoms with van der Waals surface area (Å²) in [6.45, 7) is -1.04. The van der Waals surface area contributed by atoms with Gasteiger partial charge in [-0.25, -0.2) is 4.39 Å². The highest BCUT2D eigenvalue weighted by atomic mass is 32.2. The second kappa shape index (κ2) is 11.0. The topological polar surface area (TPSA) is 114 Å². The first-order chi connectivity index (χ1) is 20.1. The monoisotopic (exact) mass is 638 g/mol. The maximum atomic E-state index is 14.3. The predicted molar refractivity (Wildman–Crippen MR) is 135 cm³/mol. The molecule has 43 heavy (non-hydrogen) atoms. The van der Waals surface area contributed by atoms with Gasteiger partial charge in [-0.1, -0.05) is 11.2 Å². The SMILES string of the molecule is COc1cc(-c2ccc(F)c(C(F)(F)F)c2)c(C(F)(F)F)cc1N1C(=O)CO[C@@H]2CN(S(=O)(=O)Nc3ccon3)CC[C@H]21. The van der Waals surface area contributed by atoms with Gasteiger partial charge in [-0.3, -0.25) is 9.52 Å². The van der Waals surface area contributed by atoms with E-state index >= 15 is 0 Å². The number of benzene rings is 2. The van der Waals surface area contributed by atoms with Gasteiger partial charge in [-0.15, -0.1) is 0 Å². The van der Waals surface area contributed by atoms with Gasteiger partial charge in [0.05, 0.1) is 36.1 Å². The Hall–Kier alpha value is -3.90. The van der Waals surface area contributed by atoms with Crippen LogP contribution in [0.3, 0.4) is 0 Å². The average molecular weight is 639 g/mol. The molecule has 0 aliphatic carbocycles. The summed E-state index contributed by atoms with van der Waals surface area (Å²) in [7, 11) is -3.06. The highest BCUT2D eigenvalue weighted by Gasteiger charge is 2.46. The smallest absolute Gasteiger partial charge is 0.419 e. The van der Waals surface area contributed by atoms with Crippen molar-refractivity contribution in [3.63, 3.8) is 0 Å². The standard InChI is InChI=1S/C25H21F7N4O6S/c1-40-20-9-14(13-2-3-17(26)16(8-13)25(30,31)32)15(24(27,28)29)10-19(20)36-18-4-6-35(11-21(18)41-12-23(36)37)43(38,39)34-22-5-7-42-33-22/h2-3,5,7-10,18,21H,4,6,11-12H2,1H3,(H,33,34)/t18-,21-/m1/s1. The predicted octanol–water partition coefficient (Wildman–Crippen LogP) is 4.69. The van der Waals surface area contributed by atoms with E-state index in [1.807, 2.05) is 0 Å². The van der Waals surface area contributed by atoms with E-state index in [2.05, 4.69) is 14.4 Å². The zero-order chi connectivity index (χ0) is 31.3.